The zero-order valence-electron chi connectivity index (χ0n) is 22.7. The molecule has 38 heavy (non-hydrogen) atoms. The zero-order valence-corrected chi connectivity index (χ0v) is 22.7. The first-order chi connectivity index (χ1) is 18.4. The number of aromatic amines is 1. The Balaban J connectivity index is 1.39. The number of aromatic nitrogens is 3. The first-order valence-corrected chi connectivity index (χ1v) is 13.4. The number of rotatable bonds is 8. The monoisotopic (exact) mass is 512 g/mol. The molecule has 3 aromatic heterocycles. The summed E-state index contributed by atoms with van der Waals surface area (Å²) in [5.74, 6) is 1.10. The molecule has 1 aliphatic rings. The van der Waals surface area contributed by atoms with Crippen molar-refractivity contribution >= 4 is 22.4 Å². The number of hydrogen-bond donors (Lipinski definition) is 1. The normalized spacial score (nSPS) is 15.1. The van der Waals surface area contributed by atoms with Gasteiger partial charge in [-0.3, -0.25) is 14.6 Å². The van der Waals surface area contributed by atoms with Crippen LogP contribution in [0, 0.1) is 19.8 Å². The Morgan fingerprint density at radius 2 is 1.92 bits per heavy atom. The predicted octanol–water partition coefficient (Wildman–Crippen LogP) is 5.64. The minimum atomic E-state index is -0.194. The van der Waals surface area contributed by atoms with Crippen molar-refractivity contribution in [1.82, 2.24) is 14.5 Å². The van der Waals surface area contributed by atoms with Crippen LogP contribution in [0.15, 0.2) is 59.7 Å². The van der Waals surface area contributed by atoms with Gasteiger partial charge in [0.2, 0.25) is 0 Å². The number of fused-ring (bicyclic) bond motifs is 1. The van der Waals surface area contributed by atoms with Crippen molar-refractivity contribution in [2.24, 2.45) is 5.92 Å². The van der Waals surface area contributed by atoms with Gasteiger partial charge in [-0.2, -0.15) is 0 Å². The van der Waals surface area contributed by atoms with Crippen LogP contribution in [-0.2, 0) is 6.42 Å². The van der Waals surface area contributed by atoms with Crippen LogP contribution >= 0.6 is 0 Å². The molecule has 5 rings (SSSR count). The second-order valence-corrected chi connectivity index (χ2v) is 10.4. The number of aryl methyl sites for hydroxylation is 1. The van der Waals surface area contributed by atoms with Crippen LogP contribution in [0.1, 0.15) is 59.5 Å². The summed E-state index contributed by atoms with van der Waals surface area (Å²) < 4.78 is 7.80. The molecular formula is C31H36N4O3. The fourth-order valence-electron chi connectivity index (χ4n) is 6.13. The quantitative estimate of drug-likeness (QED) is 0.309. The molecule has 0 unspecified atom stereocenters. The molecule has 0 spiro atoms. The van der Waals surface area contributed by atoms with Crippen molar-refractivity contribution < 1.29 is 9.53 Å². The topological polar surface area (TPSA) is 80.2 Å². The highest BCUT2D eigenvalue weighted by Gasteiger charge is 2.29. The van der Waals surface area contributed by atoms with E-state index in [0.29, 0.717) is 23.7 Å². The minimum Gasteiger partial charge on any atom is -0.496 e. The SMILES string of the molecule is COc1cc(C)[nH]c(=O)c1CCC(=O)c1c(C)n([C@H](C)C2CCN(c3cccnc3)CC2)c2ccccc12. The number of piperidine rings is 1. The van der Waals surface area contributed by atoms with Gasteiger partial charge in [0, 0.05) is 59.6 Å². The number of hydrogen-bond acceptors (Lipinski definition) is 5. The van der Waals surface area contributed by atoms with E-state index >= 15 is 0 Å². The van der Waals surface area contributed by atoms with Gasteiger partial charge >= 0.3 is 0 Å². The standard InChI is InChI=1S/C31H36N4O3/c1-20-18-29(38-4)26(31(37)33-20)11-12-28(36)30-22(3)35(27-10-6-5-9-25(27)30)21(2)23-13-16-34(17-14-23)24-8-7-15-32-19-24/h5-10,15,18-19,21,23H,11-14,16-17H2,1-4H3,(H,33,37)/t21-/m1/s1. The van der Waals surface area contributed by atoms with Crippen LogP contribution in [0.2, 0.25) is 0 Å². The average Bonchev–Trinajstić information content (AvgIpc) is 3.23. The van der Waals surface area contributed by atoms with Crippen molar-refractivity contribution in [3.8, 4) is 5.75 Å². The van der Waals surface area contributed by atoms with Gasteiger partial charge in [-0.1, -0.05) is 18.2 Å². The van der Waals surface area contributed by atoms with Gasteiger partial charge in [0.15, 0.2) is 5.78 Å². The third-order valence-corrected chi connectivity index (χ3v) is 8.13. The van der Waals surface area contributed by atoms with Crippen molar-refractivity contribution in [2.75, 3.05) is 25.1 Å². The van der Waals surface area contributed by atoms with Crippen molar-refractivity contribution in [3.05, 3.63) is 87.7 Å². The Morgan fingerprint density at radius 3 is 2.63 bits per heavy atom. The molecule has 1 aliphatic heterocycles. The average molecular weight is 513 g/mol. The highest BCUT2D eigenvalue weighted by Crippen LogP contribution is 2.37. The maximum absolute atomic E-state index is 13.7. The molecule has 1 N–H and O–H groups in total. The largest absolute Gasteiger partial charge is 0.496 e. The van der Waals surface area contributed by atoms with E-state index in [4.69, 9.17) is 4.74 Å². The number of H-pyrrole nitrogens is 1. The molecule has 0 amide bonds. The molecule has 1 atom stereocenters. The first kappa shape index (κ1) is 25.8. The van der Waals surface area contributed by atoms with Crippen molar-refractivity contribution in [2.45, 2.75) is 52.5 Å². The Kier molecular flexibility index (Phi) is 7.36. The summed E-state index contributed by atoms with van der Waals surface area (Å²) in [6, 6.07) is 14.4. The van der Waals surface area contributed by atoms with Gasteiger partial charge in [-0.05, 0) is 70.2 Å². The van der Waals surface area contributed by atoms with Crippen LogP contribution in [-0.4, -0.2) is 40.5 Å². The van der Waals surface area contributed by atoms with Gasteiger partial charge in [0.05, 0.1) is 24.6 Å². The van der Waals surface area contributed by atoms with E-state index in [1.165, 1.54) is 5.69 Å². The van der Waals surface area contributed by atoms with E-state index in [0.717, 1.165) is 53.8 Å². The molecule has 1 saturated heterocycles. The summed E-state index contributed by atoms with van der Waals surface area (Å²) in [6.45, 7) is 8.17. The van der Waals surface area contributed by atoms with Gasteiger partial charge < -0.3 is 19.2 Å². The van der Waals surface area contributed by atoms with Crippen molar-refractivity contribution in [1.29, 1.82) is 0 Å². The number of ether oxygens (including phenoxy) is 1. The summed E-state index contributed by atoms with van der Waals surface area (Å²) >= 11 is 0. The van der Waals surface area contributed by atoms with Crippen molar-refractivity contribution in [3.63, 3.8) is 0 Å². The summed E-state index contributed by atoms with van der Waals surface area (Å²) in [7, 11) is 1.56. The van der Waals surface area contributed by atoms with Gasteiger partial charge in [-0.25, -0.2) is 0 Å². The van der Waals surface area contributed by atoms with Crippen LogP contribution in [0.5, 0.6) is 5.75 Å². The van der Waals surface area contributed by atoms with Crippen LogP contribution < -0.4 is 15.2 Å². The molecule has 0 saturated carbocycles. The van der Waals surface area contributed by atoms with E-state index in [1.807, 2.05) is 43.6 Å². The number of anilines is 1. The Labute approximate surface area is 223 Å². The molecule has 7 nitrogen and oxygen atoms in total. The predicted molar refractivity (Wildman–Crippen MR) is 152 cm³/mol. The van der Waals surface area contributed by atoms with Crippen LogP contribution in [0.4, 0.5) is 5.69 Å². The second kappa shape index (κ2) is 10.9. The summed E-state index contributed by atoms with van der Waals surface area (Å²) in [4.78, 5) is 35.8. The molecule has 0 bridgehead atoms. The van der Waals surface area contributed by atoms with Crippen LogP contribution in [0.3, 0.4) is 0 Å². The highest BCUT2D eigenvalue weighted by molar-refractivity contribution is 6.09. The Morgan fingerprint density at radius 1 is 1.16 bits per heavy atom. The summed E-state index contributed by atoms with van der Waals surface area (Å²) in [5, 5.41) is 0.986. The lowest BCUT2D eigenvalue weighted by molar-refractivity contribution is 0.0983. The number of nitrogens with one attached hydrogen (secondary N) is 1. The molecule has 7 heteroatoms. The zero-order chi connectivity index (χ0) is 26.8. The molecule has 1 fully saturated rings. The number of Topliss-reactive ketones (excluding diaryl/α,β-unsaturated/α-hetero) is 1. The molecule has 4 aromatic rings. The molecule has 1 aromatic carbocycles. The second-order valence-electron chi connectivity index (χ2n) is 10.4. The van der Waals surface area contributed by atoms with E-state index in [-0.39, 0.29) is 23.8 Å². The third-order valence-electron chi connectivity index (χ3n) is 8.13. The third kappa shape index (κ3) is 4.85. The smallest absolute Gasteiger partial charge is 0.255 e. The Hall–Kier alpha value is -3.87. The van der Waals surface area contributed by atoms with Gasteiger partial charge in [0.1, 0.15) is 5.75 Å². The molecule has 0 aliphatic carbocycles. The lowest BCUT2D eigenvalue weighted by Gasteiger charge is -2.37. The minimum absolute atomic E-state index is 0.0538. The number of carbonyl (C=O) groups excluding carboxylic acids is 1. The number of pyridine rings is 2. The molecule has 0 radical (unpaired) electrons. The Bertz CT molecular complexity index is 1500. The number of carbonyl (C=O) groups is 1. The first-order valence-electron chi connectivity index (χ1n) is 13.4. The summed E-state index contributed by atoms with van der Waals surface area (Å²) in [5.41, 5.74) is 5.10. The highest BCUT2D eigenvalue weighted by atomic mass is 16.5. The number of methoxy groups -OCH3 is 1. The molecule has 198 valence electrons. The maximum Gasteiger partial charge on any atom is 0.255 e. The number of nitrogens with zero attached hydrogens (tertiary/aromatic N) is 3. The van der Waals surface area contributed by atoms with E-state index in [1.54, 1.807) is 13.2 Å². The maximum atomic E-state index is 13.7. The number of para-hydroxylation sites is 1. The summed E-state index contributed by atoms with van der Waals surface area (Å²) in [6.07, 6.45) is 6.49. The fraction of sp³-hybridized carbons (Fsp3) is 0.387. The van der Waals surface area contributed by atoms with E-state index < -0.39 is 0 Å². The van der Waals surface area contributed by atoms with Gasteiger partial charge in [-0.15, -0.1) is 0 Å². The van der Waals surface area contributed by atoms with Gasteiger partial charge in [0.25, 0.3) is 5.56 Å². The molecular weight excluding hydrogens is 476 g/mol. The molecule has 4 heterocycles. The van der Waals surface area contributed by atoms with E-state index in [2.05, 4.69) is 45.4 Å². The lowest BCUT2D eigenvalue weighted by Crippen LogP contribution is -2.36. The fourth-order valence-corrected chi connectivity index (χ4v) is 6.13. The number of benzene rings is 1. The number of ketones is 1. The lowest BCUT2D eigenvalue weighted by atomic mass is 9.89. The van der Waals surface area contributed by atoms with Crippen LogP contribution in [0.25, 0.3) is 10.9 Å². The van der Waals surface area contributed by atoms with E-state index in [9.17, 15) is 9.59 Å².